The van der Waals surface area contributed by atoms with Crippen molar-refractivity contribution in [1.29, 1.82) is 0 Å². The molecule has 3 amide bonds. The van der Waals surface area contributed by atoms with E-state index in [0.29, 0.717) is 13.0 Å². The SMILES string of the molecule is Cc1ccc2c(CCNC(=O)N[C@@H](C)C(=O)NCCF)cn(C)c2c1. The van der Waals surface area contributed by atoms with E-state index in [2.05, 4.69) is 51.8 Å². The van der Waals surface area contributed by atoms with E-state index in [9.17, 15) is 14.0 Å². The molecule has 2 aromatic rings. The van der Waals surface area contributed by atoms with Gasteiger partial charge in [-0.3, -0.25) is 4.79 Å². The molecule has 0 aliphatic carbocycles. The molecule has 3 N–H and O–H groups in total. The van der Waals surface area contributed by atoms with Crippen molar-refractivity contribution in [2.45, 2.75) is 26.3 Å². The van der Waals surface area contributed by atoms with E-state index in [1.165, 1.54) is 10.9 Å². The number of aromatic nitrogens is 1. The van der Waals surface area contributed by atoms with Gasteiger partial charge in [0.15, 0.2) is 0 Å². The number of hydrogen-bond donors (Lipinski definition) is 3. The van der Waals surface area contributed by atoms with E-state index in [0.717, 1.165) is 11.1 Å². The number of hydrogen-bond acceptors (Lipinski definition) is 2. The Balaban J connectivity index is 1.84. The lowest BCUT2D eigenvalue weighted by Gasteiger charge is -2.14. The molecule has 0 radical (unpaired) electrons. The number of nitrogens with one attached hydrogen (secondary N) is 3. The van der Waals surface area contributed by atoms with Gasteiger partial charge in [-0.2, -0.15) is 0 Å². The van der Waals surface area contributed by atoms with Crippen molar-refractivity contribution in [2.24, 2.45) is 7.05 Å². The van der Waals surface area contributed by atoms with Gasteiger partial charge in [-0.05, 0) is 37.5 Å². The molecule has 0 aliphatic heterocycles. The third kappa shape index (κ3) is 4.95. The van der Waals surface area contributed by atoms with E-state index >= 15 is 0 Å². The Hall–Kier alpha value is -2.57. The Morgan fingerprint density at radius 3 is 2.72 bits per heavy atom. The van der Waals surface area contributed by atoms with Gasteiger partial charge in [0.05, 0.1) is 0 Å². The second kappa shape index (κ2) is 8.50. The van der Waals surface area contributed by atoms with Crippen molar-refractivity contribution in [3.8, 4) is 0 Å². The first kappa shape index (κ1) is 18.8. The molecule has 0 saturated carbocycles. The third-order valence-corrected chi connectivity index (χ3v) is 4.04. The van der Waals surface area contributed by atoms with Gasteiger partial charge in [-0.1, -0.05) is 12.1 Å². The van der Waals surface area contributed by atoms with Crippen LogP contribution in [0, 0.1) is 6.92 Å². The highest BCUT2D eigenvalue weighted by molar-refractivity contribution is 5.87. The fourth-order valence-corrected chi connectivity index (χ4v) is 2.72. The normalized spacial score (nSPS) is 12.0. The van der Waals surface area contributed by atoms with Crippen LogP contribution in [0.5, 0.6) is 0 Å². The van der Waals surface area contributed by atoms with Crippen LogP contribution in [0.15, 0.2) is 24.4 Å². The van der Waals surface area contributed by atoms with E-state index in [1.807, 2.05) is 7.05 Å². The minimum absolute atomic E-state index is 0.0486. The monoisotopic (exact) mass is 348 g/mol. The molecule has 0 saturated heterocycles. The number of benzene rings is 1. The van der Waals surface area contributed by atoms with Gasteiger partial charge in [0.25, 0.3) is 0 Å². The third-order valence-electron chi connectivity index (χ3n) is 4.04. The van der Waals surface area contributed by atoms with Crippen molar-refractivity contribution in [1.82, 2.24) is 20.5 Å². The number of halogens is 1. The van der Waals surface area contributed by atoms with Crippen molar-refractivity contribution in [3.63, 3.8) is 0 Å². The number of carbonyl (C=O) groups excluding carboxylic acids is 2. The van der Waals surface area contributed by atoms with Crippen molar-refractivity contribution >= 4 is 22.8 Å². The van der Waals surface area contributed by atoms with E-state index in [1.54, 1.807) is 6.92 Å². The summed E-state index contributed by atoms with van der Waals surface area (Å²) >= 11 is 0. The maximum absolute atomic E-state index is 12.0. The first-order chi connectivity index (χ1) is 11.9. The van der Waals surface area contributed by atoms with Crippen molar-refractivity contribution < 1.29 is 14.0 Å². The smallest absolute Gasteiger partial charge is 0.315 e. The zero-order valence-electron chi connectivity index (χ0n) is 14.9. The summed E-state index contributed by atoms with van der Waals surface area (Å²) in [6.07, 6.45) is 2.76. The van der Waals surface area contributed by atoms with Crippen LogP contribution in [-0.4, -0.2) is 42.3 Å². The van der Waals surface area contributed by atoms with Gasteiger partial charge in [0.1, 0.15) is 12.7 Å². The molecule has 136 valence electrons. The maximum atomic E-state index is 12.0. The fraction of sp³-hybridized carbons (Fsp3) is 0.444. The summed E-state index contributed by atoms with van der Waals surface area (Å²) in [6.45, 7) is 3.39. The molecule has 0 unspecified atom stereocenters. The summed E-state index contributed by atoms with van der Waals surface area (Å²) in [5.41, 5.74) is 3.53. The topological polar surface area (TPSA) is 75.2 Å². The fourth-order valence-electron chi connectivity index (χ4n) is 2.72. The van der Waals surface area contributed by atoms with Crippen LogP contribution in [0.25, 0.3) is 10.9 Å². The number of rotatable bonds is 7. The van der Waals surface area contributed by atoms with Crippen LogP contribution in [0.3, 0.4) is 0 Å². The van der Waals surface area contributed by atoms with Crippen LogP contribution >= 0.6 is 0 Å². The van der Waals surface area contributed by atoms with E-state index in [-0.39, 0.29) is 6.54 Å². The highest BCUT2D eigenvalue weighted by Crippen LogP contribution is 2.22. The number of aryl methyl sites for hydroxylation is 2. The van der Waals surface area contributed by atoms with Gasteiger partial charge in [0.2, 0.25) is 5.91 Å². The molecule has 2 rings (SSSR count). The van der Waals surface area contributed by atoms with Crippen molar-refractivity contribution in [3.05, 3.63) is 35.5 Å². The summed E-state index contributed by atoms with van der Waals surface area (Å²) in [5.74, 6) is -0.405. The summed E-state index contributed by atoms with van der Waals surface area (Å²) < 4.78 is 14.1. The molecule has 6 nitrogen and oxygen atoms in total. The Kier molecular flexibility index (Phi) is 6.38. The number of alkyl halides is 1. The van der Waals surface area contributed by atoms with Gasteiger partial charge in [0, 0.05) is 37.2 Å². The first-order valence-electron chi connectivity index (χ1n) is 8.35. The molecule has 1 aromatic heterocycles. The molecular weight excluding hydrogens is 323 g/mol. The quantitative estimate of drug-likeness (QED) is 0.714. The van der Waals surface area contributed by atoms with E-state index < -0.39 is 24.7 Å². The largest absolute Gasteiger partial charge is 0.352 e. The lowest BCUT2D eigenvalue weighted by Crippen LogP contribution is -2.49. The zero-order valence-corrected chi connectivity index (χ0v) is 14.9. The molecular formula is C18H25FN4O2. The molecule has 25 heavy (non-hydrogen) atoms. The Morgan fingerprint density at radius 1 is 1.24 bits per heavy atom. The Labute approximate surface area is 146 Å². The number of fused-ring (bicyclic) bond motifs is 1. The number of carbonyl (C=O) groups is 2. The molecule has 1 atom stereocenters. The van der Waals surface area contributed by atoms with Gasteiger partial charge >= 0.3 is 6.03 Å². The highest BCUT2D eigenvalue weighted by Gasteiger charge is 2.14. The van der Waals surface area contributed by atoms with Crippen LogP contribution < -0.4 is 16.0 Å². The molecule has 7 heteroatoms. The molecule has 1 heterocycles. The average molecular weight is 348 g/mol. The van der Waals surface area contributed by atoms with Crippen LogP contribution in [0.2, 0.25) is 0 Å². The summed E-state index contributed by atoms with van der Waals surface area (Å²) in [5, 5.41) is 8.84. The summed E-state index contributed by atoms with van der Waals surface area (Å²) in [6, 6.07) is 5.17. The second-order valence-corrected chi connectivity index (χ2v) is 6.14. The van der Waals surface area contributed by atoms with Gasteiger partial charge in [-0.15, -0.1) is 0 Å². The summed E-state index contributed by atoms with van der Waals surface area (Å²) in [4.78, 5) is 23.4. The average Bonchev–Trinajstić information content (AvgIpc) is 2.88. The highest BCUT2D eigenvalue weighted by atomic mass is 19.1. The minimum Gasteiger partial charge on any atom is -0.352 e. The predicted octanol–water partition coefficient (Wildman–Crippen LogP) is 1.80. The Bertz CT molecular complexity index is 757. The molecule has 0 aliphatic rings. The second-order valence-electron chi connectivity index (χ2n) is 6.14. The van der Waals surface area contributed by atoms with Crippen LogP contribution in [-0.2, 0) is 18.3 Å². The molecule has 1 aromatic carbocycles. The lowest BCUT2D eigenvalue weighted by molar-refractivity contribution is -0.122. The van der Waals surface area contributed by atoms with Gasteiger partial charge in [-0.25, -0.2) is 9.18 Å². The number of urea groups is 1. The van der Waals surface area contributed by atoms with E-state index in [4.69, 9.17) is 0 Å². The molecule has 0 bridgehead atoms. The Morgan fingerprint density at radius 2 is 2.00 bits per heavy atom. The minimum atomic E-state index is -0.716. The lowest BCUT2D eigenvalue weighted by atomic mass is 10.1. The van der Waals surface area contributed by atoms with Crippen LogP contribution in [0.4, 0.5) is 9.18 Å². The first-order valence-corrected chi connectivity index (χ1v) is 8.35. The number of amides is 3. The van der Waals surface area contributed by atoms with Crippen molar-refractivity contribution in [2.75, 3.05) is 19.8 Å². The summed E-state index contributed by atoms with van der Waals surface area (Å²) in [7, 11) is 2.00. The van der Waals surface area contributed by atoms with Crippen LogP contribution in [0.1, 0.15) is 18.1 Å². The zero-order chi connectivity index (χ0) is 18.4. The predicted molar refractivity (Wildman–Crippen MR) is 96.3 cm³/mol. The van der Waals surface area contributed by atoms with Gasteiger partial charge < -0.3 is 20.5 Å². The standard InChI is InChI=1S/C18H25FN4O2/c1-12-4-5-15-14(11-23(3)16(15)10-12)6-8-21-18(25)22-13(2)17(24)20-9-7-19/h4-5,10-11,13H,6-9H2,1-3H3,(H,20,24)(H2,21,22,25)/t13-/m0/s1. The maximum Gasteiger partial charge on any atom is 0.315 e. The molecule has 0 fully saturated rings. The number of nitrogens with zero attached hydrogens (tertiary/aromatic N) is 1. The molecule has 0 spiro atoms.